The van der Waals surface area contributed by atoms with Crippen LogP contribution in [0.4, 0.5) is 14.5 Å². The predicted molar refractivity (Wildman–Crippen MR) is 74.0 cm³/mol. The Kier molecular flexibility index (Phi) is 4.59. The molecular weight excluding hydrogens is 286 g/mol. The zero-order valence-corrected chi connectivity index (χ0v) is 12.1. The molecule has 0 spiro atoms. The largest absolute Gasteiger partial charge is 0.381 e. The molecule has 1 unspecified atom stereocenters. The Balaban J connectivity index is 2.04. The molecule has 0 aliphatic carbocycles. The molecule has 1 fully saturated rings. The van der Waals surface area contributed by atoms with Gasteiger partial charge in [-0.3, -0.25) is 0 Å². The van der Waals surface area contributed by atoms with Gasteiger partial charge < -0.3 is 5.32 Å². The van der Waals surface area contributed by atoms with Crippen molar-refractivity contribution in [1.29, 1.82) is 0 Å². The lowest BCUT2D eigenvalue weighted by molar-refractivity contribution is 0.327. The van der Waals surface area contributed by atoms with Gasteiger partial charge in [0.15, 0.2) is 11.6 Å². The fourth-order valence-electron chi connectivity index (χ4n) is 2.32. The molecule has 0 amide bonds. The van der Waals surface area contributed by atoms with Crippen LogP contribution in [-0.4, -0.2) is 37.6 Å². The van der Waals surface area contributed by atoms with Crippen molar-refractivity contribution in [2.75, 3.05) is 24.2 Å². The summed E-state index contributed by atoms with van der Waals surface area (Å²) in [6.07, 6.45) is 1.55. The molecule has 0 radical (unpaired) electrons. The van der Waals surface area contributed by atoms with Crippen LogP contribution in [0, 0.1) is 11.6 Å². The number of hydrogen-bond acceptors (Lipinski definition) is 3. The van der Waals surface area contributed by atoms with E-state index in [4.69, 9.17) is 0 Å². The lowest BCUT2D eigenvalue weighted by Crippen LogP contribution is -2.45. The molecule has 0 bridgehead atoms. The van der Waals surface area contributed by atoms with E-state index in [0.717, 1.165) is 25.0 Å². The van der Waals surface area contributed by atoms with Gasteiger partial charge in [0.25, 0.3) is 0 Å². The molecule has 0 saturated carbocycles. The van der Waals surface area contributed by atoms with Crippen molar-refractivity contribution in [3.63, 3.8) is 0 Å². The molecule has 7 heteroatoms. The van der Waals surface area contributed by atoms with Crippen molar-refractivity contribution < 1.29 is 17.2 Å². The Labute approximate surface area is 117 Å². The van der Waals surface area contributed by atoms with Crippen LogP contribution in [0.5, 0.6) is 0 Å². The predicted octanol–water partition coefficient (Wildman–Crippen LogP) is 2.19. The number of hydrogen-bond donors (Lipinski definition) is 1. The van der Waals surface area contributed by atoms with Crippen molar-refractivity contribution in [1.82, 2.24) is 4.31 Å². The minimum absolute atomic E-state index is 0.0743. The van der Waals surface area contributed by atoms with E-state index in [0.29, 0.717) is 18.8 Å². The zero-order valence-electron chi connectivity index (χ0n) is 11.3. The van der Waals surface area contributed by atoms with Gasteiger partial charge in [0, 0.05) is 30.9 Å². The SMILES string of the molecule is CCS(=O)(=O)N1CCCC(Nc2ccc(F)c(F)c2)C1. The van der Waals surface area contributed by atoms with E-state index in [1.165, 1.54) is 10.4 Å². The molecule has 0 aromatic heterocycles. The molecule has 20 heavy (non-hydrogen) atoms. The Morgan fingerprint density at radius 3 is 2.75 bits per heavy atom. The normalized spacial score (nSPS) is 20.9. The van der Waals surface area contributed by atoms with Crippen molar-refractivity contribution in [2.24, 2.45) is 0 Å². The van der Waals surface area contributed by atoms with Gasteiger partial charge in [0.2, 0.25) is 10.0 Å². The summed E-state index contributed by atoms with van der Waals surface area (Å²) in [6, 6.07) is 3.50. The summed E-state index contributed by atoms with van der Waals surface area (Å²) >= 11 is 0. The minimum Gasteiger partial charge on any atom is -0.381 e. The Morgan fingerprint density at radius 2 is 2.10 bits per heavy atom. The van der Waals surface area contributed by atoms with Crippen LogP contribution in [0.3, 0.4) is 0 Å². The highest BCUT2D eigenvalue weighted by Gasteiger charge is 2.27. The smallest absolute Gasteiger partial charge is 0.213 e. The van der Waals surface area contributed by atoms with Gasteiger partial charge in [-0.1, -0.05) is 0 Å². The van der Waals surface area contributed by atoms with E-state index < -0.39 is 21.7 Å². The van der Waals surface area contributed by atoms with E-state index >= 15 is 0 Å². The fraction of sp³-hybridized carbons (Fsp3) is 0.538. The van der Waals surface area contributed by atoms with Crippen LogP contribution >= 0.6 is 0 Å². The zero-order chi connectivity index (χ0) is 14.8. The summed E-state index contributed by atoms with van der Waals surface area (Å²) in [6.45, 7) is 2.49. The van der Waals surface area contributed by atoms with Crippen LogP contribution < -0.4 is 5.32 Å². The first-order valence-electron chi connectivity index (χ1n) is 6.62. The molecule has 1 atom stereocenters. The first-order chi connectivity index (χ1) is 9.42. The summed E-state index contributed by atoms with van der Waals surface area (Å²) in [5.41, 5.74) is 0.463. The van der Waals surface area contributed by atoms with Gasteiger partial charge >= 0.3 is 0 Å². The Hall–Kier alpha value is -1.21. The van der Waals surface area contributed by atoms with Gasteiger partial charge in [-0.15, -0.1) is 0 Å². The number of halogens is 2. The highest BCUT2D eigenvalue weighted by molar-refractivity contribution is 7.89. The van der Waals surface area contributed by atoms with Crippen LogP contribution in [-0.2, 0) is 10.0 Å². The minimum atomic E-state index is -3.20. The summed E-state index contributed by atoms with van der Waals surface area (Å²) in [4.78, 5) is 0. The van der Waals surface area contributed by atoms with Crippen LogP contribution in [0.25, 0.3) is 0 Å². The van der Waals surface area contributed by atoms with Crippen molar-refractivity contribution in [3.8, 4) is 0 Å². The topological polar surface area (TPSA) is 49.4 Å². The molecule has 1 aromatic carbocycles. The number of nitrogens with zero attached hydrogens (tertiary/aromatic N) is 1. The average molecular weight is 304 g/mol. The quantitative estimate of drug-likeness (QED) is 0.927. The molecule has 112 valence electrons. The van der Waals surface area contributed by atoms with E-state index in [1.807, 2.05) is 0 Å². The van der Waals surface area contributed by atoms with E-state index in [-0.39, 0.29) is 11.8 Å². The monoisotopic (exact) mass is 304 g/mol. The fourth-order valence-corrected chi connectivity index (χ4v) is 3.50. The van der Waals surface area contributed by atoms with E-state index in [1.54, 1.807) is 6.92 Å². The Bertz CT molecular complexity index is 578. The van der Waals surface area contributed by atoms with Crippen molar-refractivity contribution in [3.05, 3.63) is 29.8 Å². The lowest BCUT2D eigenvalue weighted by Gasteiger charge is -2.32. The number of rotatable bonds is 4. The van der Waals surface area contributed by atoms with Gasteiger partial charge in [0.05, 0.1) is 5.75 Å². The molecule has 1 aliphatic heterocycles. The summed E-state index contributed by atoms with van der Waals surface area (Å²) < 4.78 is 51.1. The van der Waals surface area contributed by atoms with Gasteiger partial charge in [-0.05, 0) is 31.9 Å². The number of benzene rings is 1. The highest BCUT2D eigenvalue weighted by atomic mass is 32.2. The maximum atomic E-state index is 13.1. The third-order valence-corrected chi connectivity index (χ3v) is 5.28. The number of sulfonamides is 1. The summed E-state index contributed by atoms with van der Waals surface area (Å²) in [7, 11) is -3.20. The first-order valence-corrected chi connectivity index (χ1v) is 8.22. The van der Waals surface area contributed by atoms with Gasteiger partial charge in [0.1, 0.15) is 0 Å². The molecule has 1 saturated heterocycles. The van der Waals surface area contributed by atoms with Crippen molar-refractivity contribution in [2.45, 2.75) is 25.8 Å². The molecule has 4 nitrogen and oxygen atoms in total. The number of piperidine rings is 1. The van der Waals surface area contributed by atoms with Crippen LogP contribution in [0.1, 0.15) is 19.8 Å². The molecule has 1 heterocycles. The number of anilines is 1. The molecule has 1 aliphatic rings. The van der Waals surface area contributed by atoms with E-state index in [2.05, 4.69) is 5.32 Å². The lowest BCUT2D eigenvalue weighted by atomic mass is 10.1. The van der Waals surface area contributed by atoms with E-state index in [9.17, 15) is 17.2 Å². The second kappa shape index (κ2) is 6.05. The molecule has 1 N–H and O–H groups in total. The molecular formula is C13H18F2N2O2S. The summed E-state index contributed by atoms with van der Waals surface area (Å²) in [5.74, 6) is -1.73. The van der Waals surface area contributed by atoms with Crippen LogP contribution in [0.15, 0.2) is 18.2 Å². The maximum absolute atomic E-state index is 13.1. The standard InChI is InChI=1S/C13H18F2N2O2S/c1-2-20(18,19)17-7-3-4-11(9-17)16-10-5-6-12(14)13(15)8-10/h5-6,8,11,16H,2-4,7,9H2,1H3. The van der Waals surface area contributed by atoms with Crippen molar-refractivity contribution >= 4 is 15.7 Å². The third-order valence-electron chi connectivity index (χ3n) is 3.43. The second-order valence-corrected chi connectivity index (χ2v) is 7.13. The third kappa shape index (κ3) is 3.46. The average Bonchev–Trinajstić information content (AvgIpc) is 2.43. The van der Waals surface area contributed by atoms with Crippen LogP contribution in [0.2, 0.25) is 0 Å². The van der Waals surface area contributed by atoms with Gasteiger partial charge in [-0.25, -0.2) is 17.2 Å². The Morgan fingerprint density at radius 1 is 1.35 bits per heavy atom. The molecule has 2 rings (SSSR count). The highest BCUT2D eigenvalue weighted by Crippen LogP contribution is 2.20. The molecule has 1 aromatic rings. The summed E-state index contributed by atoms with van der Waals surface area (Å²) in [5, 5.41) is 3.06. The number of nitrogens with one attached hydrogen (secondary N) is 1. The van der Waals surface area contributed by atoms with Gasteiger partial charge in [-0.2, -0.15) is 4.31 Å². The maximum Gasteiger partial charge on any atom is 0.213 e. The first kappa shape index (κ1) is 15.2. The second-order valence-electron chi connectivity index (χ2n) is 4.87.